The highest BCUT2D eigenvalue weighted by molar-refractivity contribution is 4.80. The Hall–Kier alpha value is -0.750. The Bertz CT molecular complexity index is 145. The van der Waals surface area contributed by atoms with Crippen molar-refractivity contribution in [2.24, 2.45) is 5.92 Å². The lowest BCUT2D eigenvalue weighted by molar-refractivity contribution is 0.116. The topological polar surface area (TPSA) is 36.3 Å². The molecule has 1 rings (SSSR count). The summed E-state index contributed by atoms with van der Waals surface area (Å²) in [6.07, 6.45) is 4.36. The minimum absolute atomic E-state index is 0.671. The highest BCUT2D eigenvalue weighted by Crippen LogP contribution is 2.15. The van der Waals surface area contributed by atoms with Crippen LogP contribution in [0.2, 0.25) is 0 Å². The number of piperidine rings is 1. The van der Waals surface area contributed by atoms with E-state index in [9.17, 15) is 0 Å². The predicted octanol–water partition coefficient (Wildman–Crippen LogP) is 0.826. The molecule has 0 spiro atoms. The summed E-state index contributed by atoms with van der Waals surface area (Å²) < 4.78 is 5.05. The van der Waals surface area contributed by atoms with E-state index in [1.807, 2.05) is 4.90 Å². The third kappa shape index (κ3) is 2.39. The van der Waals surface area contributed by atoms with Crippen LogP contribution >= 0.6 is 0 Å². The van der Waals surface area contributed by atoms with E-state index in [1.54, 1.807) is 7.11 Å². The molecule has 0 unspecified atom stereocenters. The summed E-state index contributed by atoms with van der Waals surface area (Å²) >= 11 is 0. The van der Waals surface area contributed by atoms with E-state index in [0.717, 1.165) is 32.5 Å². The van der Waals surface area contributed by atoms with Crippen LogP contribution in [0.4, 0.5) is 0 Å². The molecular weight excluding hydrogens is 140 g/mol. The second-order valence-electron chi connectivity index (χ2n) is 2.99. The van der Waals surface area contributed by atoms with E-state index in [1.165, 1.54) is 0 Å². The van der Waals surface area contributed by atoms with Crippen molar-refractivity contribution in [3.8, 4) is 6.19 Å². The van der Waals surface area contributed by atoms with Gasteiger partial charge in [0.1, 0.15) is 0 Å². The minimum Gasteiger partial charge on any atom is -0.384 e. The number of likely N-dealkylation sites (tertiary alicyclic amines) is 1. The molecule has 1 aliphatic rings. The third-order valence-electron chi connectivity index (χ3n) is 2.16. The molecule has 0 aromatic carbocycles. The van der Waals surface area contributed by atoms with Gasteiger partial charge in [0.15, 0.2) is 6.19 Å². The van der Waals surface area contributed by atoms with Gasteiger partial charge in [0, 0.05) is 26.8 Å². The maximum Gasteiger partial charge on any atom is 0.179 e. The molecule has 1 aliphatic heterocycles. The fraction of sp³-hybridized carbons (Fsp3) is 0.875. The molecule has 0 saturated carbocycles. The molecule has 0 radical (unpaired) electrons. The third-order valence-corrected chi connectivity index (χ3v) is 2.16. The van der Waals surface area contributed by atoms with Crippen molar-refractivity contribution in [1.29, 1.82) is 5.26 Å². The molecule has 11 heavy (non-hydrogen) atoms. The summed E-state index contributed by atoms with van der Waals surface area (Å²) in [7, 11) is 1.73. The Kier molecular flexibility index (Phi) is 3.18. The molecule has 0 N–H and O–H groups in total. The summed E-state index contributed by atoms with van der Waals surface area (Å²) in [6, 6.07) is 0. The zero-order valence-electron chi connectivity index (χ0n) is 6.92. The van der Waals surface area contributed by atoms with Gasteiger partial charge in [0.2, 0.25) is 0 Å². The molecular formula is C8H14N2O. The molecule has 0 atom stereocenters. The molecule has 3 heteroatoms. The van der Waals surface area contributed by atoms with E-state index < -0.39 is 0 Å². The summed E-state index contributed by atoms with van der Waals surface area (Å²) in [5.41, 5.74) is 0. The average Bonchev–Trinajstić information content (AvgIpc) is 2.07. The monoisotopic (exact) mass is 154 g/mol. The maximum absolute atomic E-state index is 8.55. The minimum atomic E-state index is 0.671. The molecule has 0 amide bonds. The van der Waals surface area contributed by atoms with E-state index >= 15 is 0 Å². The normalized spacial score (nSPS) is 19.8. The Morgan fingerprint density at radius 2 is 2.18 bits per heavy atom. The molecule has 1 fully saturated rings. The van der Waals surface area contributed by atoms with Crippen LogP contribution in [0, 0.1) is 17.4 Å². The molecule has 0 bridgehead atoms. The summed E-state index contributed by atoms with van der Waals surface area (Å²) in [5.74, 6) is 0.671. The number of nitrogens with zero attached hydrogens (tertiary/aromatic N) is 2. The first-order chi connectivity index (χ1) is 5.36. The second-order valence-corrected chi connectivity index (χ2v) is 2.99. The van der Waals surface area contributed by atoms with E-state index in [0.29, 0.717) is 5.92 Å². The summed E-state index contributed by atoms with van der Waals surface area (Å²) in [5, 5.41) is 8.55. The van der Waals surface area contributed by atoms with Crippen molar-refractivity contribution in [2.75, 3.05) is 26.8 Å². The summed E-state index contributed by atoms with van der Waals surface area (Å²) in [4.78, 5) is 1.81. The van der Waals surface area contributed by atoms with Crippen LogP contribution in [0.25, 0.3) is 0 Å². The Morgan fingerprint density at radius 3 is 2.64 bits per heavy atom. The van der Waals surface area contributed by atoms with E-state index in [-0.39, 0.29) is 0 Å². The number of hydrogen-bond donors (Lipinski definition) is 0. The zero-order valence-corrected chi connectivity index (χ0v) is 6.92. The standard InChI is InChI=1S/C8H14N2O/c1-11-6-8-2-4-10(7-9)5-3-8/h8H,2-6H2,1H3. The van der Waals surface area contributed by atoms with Crippen LogP contribution < -0.4 is 0 Å². The van der Waals surface area contributed by atoms with Crippen LogP contribution in [0.1, 0.15) is 12.8 Å². The van der Waals surface area contributed by atoms with Gasteiger partial charge in [-0.15, -0.1) is 0 Å². The number of methoxy groups -OCH3 is 1. The molecule has 1 saturated heterocycles. The SMILES string of the molecule is COCC1CCN(C#N)CC1. The van der Waals surface area contributed by atoms with E-state index in [2.05, 4.69) is 6.19 Å². The van der Waals surface area contributed by atoms with Gasteiger partial charge in [-0.3, -0.25) is 0 Å². The van der Waals surface area contributed by atoms with Gasteiger partial charge in [-0.2, -0.15) is 5.26 Å². The average molecular weight is 154 g/mol. The van der Waals surface area contributed by atoms with Gasteiger partial charge in [-0.1, -0.05) is 0 Å². The zero-order chi connectivity index (χ0) is 8.10. The number of nitriles is 1. The first kappa shape index (κ1) is 8.35. The van der Waals surface area contributed by atoms with Gasteiger partial charge >= 0.3 is 0 Å². The largest absolute Gasteiger partial charge is 0.384 e. The quantitative estimate of drug-likeness (QED) is 0.553. The highest BCUT2D eigenvalue weighted by atomic mass is 16.5. The lowest BCUT2D eigenvalue weighted by Crippen LogP contribution is -2.31. The van der Waals surface area contributed by atoms with Crippen molar-refractivity contribution < 1.29 is 4.74 Å². The first-order valence-electron chi connectivity index (χ1n) is 4.00. The second kappa shape index (κ2) is 4.20. The molecule has 0 aromatic heterocycles. The van der Waals surface area contributed by atoms with Gasteiger partial charge in [-0.05, 0) is 18.8 Å². The smallest absolute Gasteiger partial charge is 0.179 e. The van der Waals surface area contributed by atoms with Crippen LogP contribution in [0.5, 0.6) is 0 Å². The van der Waals surface area contributed by atoms with Crippen molar-refractivity contribution in [3.05, 3.63) is 0 Å². The Balaban J connectivity index is 2.20. The lowest BCUT2D eigenvalue weighted by Gasteiger charge is -2.27. The van der Waals surface area contributed by atoms with Gasteiger partial charge in [0.05, 0.1) is 0 Å². The van der Waals surface area contributed by atoms with Crippen LogP contribution in [0.3, 0.4) is 0 Å². The lowest BCUT2D eigenvalue weighted by atomic mass is 9.98. The van der Waals surface area contributed by atoms with Gasteiger partial charge in [0.25, 0.3) is 0 Å². The fourth-order valence-corrected chi connectivity index (χ4v) is 1.44. The van der Waals surface area contributed by atoms with Crippen LogP contribution in [-0.4, -0.2) is 31.7 Å². The summed E-state index contributed by atoms with van der Waals surface area (Å²) in [6.45, 7) is 2.66. The van der Waals surface area contributed by atoms with Crippen molar-refractivity contribution in [3.63, 3.8) is 0 Å². The first-order valence-corrected chi connectivity index (χ1v) is 4.00. The highest BCUT2D eigenvalue weighted by Gasteiger charge is 2.17. The van der Waals surface area contributed by atoms with Crippen molar-refractivity contribution in [1.82, 2.24) is 4.90 Å². The van der Waals surface area contributed by atoms with E-state index in [4.69, 9.17) is 10.00 Å². The Morgan fingerprint density at radius 1 is 1.55 bits per heavy atom. The maximum atomic E-state index is 8.55. The number of hydrogen-bond acceptors (Lipinski definition) is 3. The fourth-order valence-electron chi connectivity index (χ4n) is 1.44. The molecule has 1 heterocycles. The molecule has 0 aromatic rings. The van der Waals surface area contributed by atoms with Gasteiger partial charge in [-0.25, -0.2) is 0 Å². The van der Waals surface area contributed by atoms with Crippen LogP contribution in [-0.2, 0) is 4.74 Å². The number of rotatable bonds is 2. The molecule has 62 valence electrons. The number of ether oxygens (including phenoxy) is 1. The predicted molar refractivity (Wildman–Crippen MR) is 41.8 cm³/mol. The van der Waals surface area contributed by atoms with Crippen molar-refractivity contribution in [2.45, 2.75) is 12.8 Å². The van der Waals surface area contributed by atoms with Crippen molar-refractivity contribution >= 4 is 0 Å². The van der Waals surface area contributed by atoms with Crippen LogP contribution in [0.15, 0.2) is 0 Å². The Labute approximate surface area is 67.6 Å². The molecule has 3 nitrogen and oxygen atoms in total. The molecule has 0 aliphatic carbocycles. The van der Waals surface area contributed by atoms with Gasteiger partial charge < -0.3 is 9.64 Å².